The van der Waals surface area contributed by atoms with Gasteiger partial charge in [-0.05, 0) is 24.3 Å². The molecular formula is C17H20O4. The van der Waals surface area contributed by atoms with Gasteiger partial charge in [0.05, 0.1) is 6.42 Å². The first kappa shape index (κ1) is 15.4. The van der Waals surface area contributed by atoms with E-state index in [9.17, 15) is 14.4 Å². The van der Waals surface area contributed by atoms with Gasteiger partial charge in [-0.1, -0.05) is 43.5 Å². The maximum absolute atomic E-state index is 11.9. The molecule has 1 aromatic rings. The first-order valence-electron chi connectivity index (χ1n) is 7.47. The van der Waals surface area contributed by atoms with Crippen LogP contribution in [0, 0.1) is 0 Å². The molecule has 21 heavy (non-hydrogen) atoms. The Balaban J connectivity index is 1.90. The highest BCUT2D eigenvalue weighted by Gasteiger charge is 2.16. The lowest BCUT2D eigenvalue weighted by Crippen LogP contribution is -2.08. The van der Waals surface area contributed by atoms with E-state index in [1.807, 2.05) is 24.3 Å². The fourth-order valence-corrected chi connectivity index (χ4v) is 2.85. The highest BCUT2D eigenvalue weighted by Crippen LogP contribution is 2.32. The van der Waals surface area contributed by atoms with Crippen molar-refractivity contribution in [2.45, 2.75) is 50.9 Å². The Kier molecular flexibility index (Phi) is 5.67. The van der Waals surface area contributed by atoms with Crippen LogP contribution in [-0.2, 0) is 14.3 Å². The summed E-state index contributed by atoms with van der Waals surface area (Å²) in [6.07, 6.45) is 6.34. The van der Waals surface area contributed by atoms with Crippen LogP contribution >= 0.6 is 0 Å². The smallest absolute Gasteiger partial charge is 0.313 e. The summed E-state index contributed by atoms with van der Waals surface area (Å²) in [5.74, 6) is -0.157. The Labute approximate surface area is 124 Å². The largest absolute Gasteiger partial charge is 0.395 e. The van der Waals surface area contributed by atoms with Crippen molar-refractivity contribution in [1.82, 2.24) is 0 Å². The van der Waals surface area contributed by atoms with Crippen molar-refractivity contribution in [2.24, 2.45) is 0 Å². The molecule has 0 aliphatic heterocycles. The Bertz CT molecular complexity index is 498. The average molecular weight is 288 g/mol. The van der Waals surface area contributed by atoms with E-state index < -0.39 is 5.97 Å². The molecule has 1 saturated carbocycles. The summed E-state index contributed by atoms with van der Waals surface area (Å²) >= 11 is 0. The number of rotatable bonds is 6. The number of carbonyl (C=O) groups is 3. The van der Waals surface area contributed by atoms with Crippen molar-refractivity contribution in [1.29, 1.82) is 0 Å². The van der Waals surface area contributed by atoms with Crippen LogP contribution in [0.1, 0.15) is 66.8 Å². The van der Waals surface area contributed by atoms with E-state index in [0.717, 1.165) is 0 Å². The minimum Gasteiger partial charge on any atom is -0.395 e. The molecule has 0 spiro atoms. The minimum absolute atomic E-state index is 0.0649. The maximum Gasteiger partial charge on any atom is 0.313 e. The van der Waals surface area contributed by atoms with Crippen molar-refractivity contribution in [3.05, 3.63) is 35.4 Å². The molecule has 4 nitrogen and oxygen atoms in total. The lowest BCUT2D eigenvalue weighted by molar-refractivity contribution is -0.151. The number of esters is 1. The molecule has 0 unspecified atom stereocenters. The standard InChI is InChI=1S/C17H20O4/c18-12-21-17(20)11-10-16(19)15-8-6-14(7-9-15)13-4-2-1-3-5-13/h6-9,12-13H,1-5,10-11H2. The molecule has 0 heterocycles. The summed E-state index contributed by atoms with van der Waals surface area (Å²) < 4.78 is 4.15. The number of ether oxygens (including phenoxy) is 1. The average Bonchev–Trinajstić information content (AvgIpc) is 2.54. The zero-order valence-electron chi connectivity index (χ0n) is 12.0. The van der Waals surface area contributed by atoms with Gasteiger partial charge >= 0.3 is 12.4 Å². The van der Waals surface area contributed by atoms with Crippen molar-refractivity contribution < 1.29 is 19.1 Å². The Morgan fingerprint density at radius 2 is 1.71 bits per heavy atom. The van der Waals surface area contributed by atoms with Gasteiger partial charge in [0.1, 0.15) is 0 Å². The molecular weight excluding hydrogens is 268 g/mol. The molecule has 0 radical (unpaired) electrons. The van der Waals surface area contributed by atoms with Crippen LogP contribution < -0.4 is 0 Å². The van der Waals surface area contributed by atoms with E-state index in [0.29, 0.717) is 11.5 Å². The quantitative estimate of drug-likeness (QED) is 0.348. The minimum atomic E-state index is -0.669. The zero-order valence-corrected chi connectivity index (χ0v) is 12.0. The van der Waals surface area contributed by atoms with Crippen molar-refractivity contribution in [3.63, 3.8) is 0 Å². The lowest BCUT2D eigenvalue weighted by Gasteiger charge is -2.22. The number of carbonyl (C=O) groups excluding carboxylic acids is 3. The monoisotopic (exact) mass is 288 g/mol. The van der Waals surface area contributed by atoms with Gasteiger partial charge in [0, 0.05) is 12.0 Å². The molecule has 0 amide bonds. The normalized spacial score (nSPS) is 15.4. The lowest BCUT2D eigenvalue weighted by atomic mass is 9.84. The summed E-state index contributed by atoms with van der Waals surface area (Å²) in [5, 5.41) is 0. The second kappa shape index (κ2) is 7.72. The number of hydrogen-bond donors (Lipinski definition) is 0. The van der Waals surface area contributed by atoms with Crippen LogP contribution in [0.5, 0.6) is 0 Å². The zero-order chi connectivity index (χ0) is 15.1. The van der Waals surface area contributed by atoms with Crippen LogP contribution in [0.3, 0.4) is 0 Å². The second-order valence-corrected chi connectivity index (χ2v) is 5.47. The number of hydrogen-bond acceptors (Lipinski definition) is 4. The van der Waals surface area contributed by atoms with Crippen LogP contribution in [0.2, 0.25) is 0 Å². The van der Waals surface area contributed by atoms with E-state index in [2.05, 4.69) is 4.74 Å². The summed E-state index contributed by atoms with van der Waals surface area (Å²) in [7, 11) is 0. The maximum atomic E-state index is 11.9. The van der Waals surface area contributed by atoms with Crippen LogP contribution in [0.15, 0.2) is 24.3 Å². The van der Waals surface area contributed by atoms with E-state index in [1.54, 1.807) is 0 Å². The molecule has 1 fully saturated rings. The number of ketones is 1. The number of benzene rings is 1. The van der Waals surface area contributed by atoms with Crippen molar-refractivity contribution in [3.8, 4) is 0 Å². The molecule has 0 bridgehead atoms. The van der Waals surface area contributed by atoms with Gasteiger partial charge in [-0.3, -0.25) is 14.4 Å². The van der Waals surface area contributed by atoms with Gasteiger partial charge in [-0.25, -0.2) is 0 Å². The van der Waals surface area contributed by atoms with Gasteiger partial charge in [0.15, 0.2) is 5.78 Å². The first-order chi connectivity index (χ1) is 10.2. The first-order valence-corrected chi connectivity index (χ1v) is 7.47. The SMILES string of the molecule is O=COC(=O)CCC(=O)c1ccc(C2CCCCC2)cc1. The van der Waals surface area contributed by atoms with Crippen LogP contribution in [-0.4, -0.2) is 18.2 Å². The topological polar surface area (TPSA) is 60.4 Å². The summed E-state index contributed by atoms with van der Waals surface area (Å²) in [4.78, 5) is 33.0. The van der Waals surface area contributed by atoms with E-state index in [4.69, 9.17) is 0 Å². The molecule has 2 rings (SSSR count). The molecule has 1 aromatic carbocycles. The highest BCUT2D eigenvalue weighted by molar-refractivity contribution is 5.97. The molecule has 0 N–H and O–H groups in total. The molecule has 0 aromatic heterocycles. The molecule has 4 heteroatoms. The molecule has 112 valence electrons. The third-order valence-electron chi connectivity index (χ3n) is 4.04. The van der Waals surface area contributed by atoms with Gasteiger partial charge in [-0.15, -0.1) is 0 Å². The second-order valence-electron chi connectivity index (χ2n) is 5.47. The van der Waals surface area contributed by atoms with Crippen LogP contribution in [0.4, 0.5) is 0 Å². The fraction of sp³-hybridized carbons (Fsp3) is 0.471. The Morgan fingerprint density at radius 3 is 2.33 bits per heavy atom. The summed E-state index contributed by atoms with van der Waals surface area (Å²) in [6.45, 7) is 0.0891. The van der Waals surface area contributed by atoms with E-state index in [1.165, 1.54) is 37.7 Å². The number of Topliss-reactive ketones (excluding diaryl/α,β-unsaturated/α-hetero) is 1. The summed E-state index contributed by atoms with van der Waals surface area (Å²) in [5.41, 5.74) is 1.90. The van der Waals surface area contributed by atoms with Gasteiger partial charge < -0.3 is 4.74 Å². The third kappa shape index (κ3) is 4.52. The fourth-order valence-electron chi connectivity index (χ4n) is 2.85. The molecule has 0 atom stereocenters. The van der Waals surface area contributed by atoms with E-state index in [-0.39, 0.29) is 25.1 Å². The van der Waals surface area contributed by atoms with Crippen molar-refractivity contribution in [2.75, 3.05) is 0 Å². The predicted octanol–water partition coefficient (Wildman–Crippen LogP) is 3.40. The van der Waals surface area contributed by atoms with Gasteiger partial charge in [-0.2, -0.15) is 0 Å². The Hall–Kier alpha value is -1.97. The van der Waals surface area contributed by atoms with Gasteiger partial charge in [0.25, 0.3) is 0 Å². The Morgan fingerprint density at radius 1 is 1.05 bits per heavy atom. The highest BCUT2D eigenvalue weighted by atomic mass is 16.6. The van der Waals surface area contributed by atoms with Crippen LogP contribution in [0.25, 0.3) is 0 Å². The van der Waals surface area contributed by atoms with E-state index >= 15 is 0 Å². The van der Waals surface area contributed by atoms with Gasteiger partial charge in [0.2, 0.25) is 0 Å². The van der Waals surface area contributed by atoms with Crippen molar-refractivity contribution >= 4 is 18.2 Å². The third-order valence-corrected chi connectivity index (χ3v) is 4.04. The summed E-state index contributed by atoms with van der Waals surface area (Å²) in [6, 6.07) is 7.70. The molecule has 1 aliphatic carbocycles. The molecule has 1 aliphatic rings. The predicted molar refractivity (Wildman–Crippen MR) is 78.0 cm³/mol. The molecule has 0 saturated heterocycles.